The van der Waals surface area contributed by atoms with Gasteiger partial charge in [-0.1, -0.05) is 0 Å². The van der Waals surface area contributed by atoms with Gasteiger partial charge in [0.15, 0.2) is 0 Å². The van der Waals surface area contributed by atoms with Gasteiger partial charge >= 0.3 is 0 Å². The van der Waals surface area contributed by atoms with Gasteiger partial charge < -0.3 is 16.8 Å². The van der Waals surface area contributed by atoms with E-state index in [9.17, 15) is 4.79 Å². The van der Waals surface area contributed by atoms with E-state index in [4.69, 9.17) is 11.5 Å². The van der Waals surface area contributed by atoms with E-state index in [1.807, 2.05) is 0 Å². The molecule has 0 saturated carbocycles. The summed E-state index contributed by atoms with van der Waals surface area (Å²) >= 11 is 0. The number of nitrogens with one attached hydrogen (secondary N) is 1. The van der Waals surface area contributed by atoms with Gasteiger partial charge in [0, 0.05) is 13.2 Å². The number of rotatable bonds is 2. The fourth-order valence-electron chi connectivity index (χ4n) is 0.227. The molecule has 1 amide bonds. The second-order valence-electron chi connectivity index (χ2n) is 1.25. The van der Waals surface area contributed by atoms with Crippen molar-refractivity contribution in [3.05, 3.63) is 11.9 Å². The molecule has 0 heterocycles. The van der Waals surface area contributed by atoms with E-state index in [-0.39, 0.29) is 5.70 Å². The molecule has 0 rings (SSSR count). The molecule has 0 saturated heterocycles. The molecule has 5 N–H and O–H groups in total. The summed E-state index contributed by atoms with van der Waals surface area (Å²) in [5.41, 5.74) is 9.84. The minimum atomic E-state index is -0.612. The Labute approximate surface area is 47.5 Å². The summed E-state index contributed by atoms with van der Waals surface area (Å²) in [6.45, 7) is 0. The van der Waals surface area contributed by atoms with Crippen LogP contribution in [0.15, 0.2) is 11.9 Å². The van der Waals surface area contributed by atoms with Gasteiger partial charge in [0.25, 0.3) is 5.91 Å². The van der Waals surface area contributed by atoms with Crippen LogP contribution in [0, 0.1) is 0 Å². The maximum Gasteiger partial charge on any atom is 0.266 e. The van der Waals surface area contributed by atoms with Crippen LogP contribution >= 0.6 is 0 Å². The van der Waals surface area contributed by atoms with Gasteiger partial charge in [0.2, 0.25) is 0 Å². The summed E-state index contributed by atoms with van der Waals surface area (Å²) in [6.07, 6.45) is 1.34. The topological polar surface area (TPSA) is 81.1 Å². The number of hydrogen-bond donors (Lipinski definition) is 3. The first-order valence-corrected chi connectivity index (χ1v) is 2.11. The van der Waals surface area contributed by atoms with E-state index < -0.39 is 5.91 Å². The highest BCUT2D eigenvalue weighted by molar-refractivity contribution is 5.90. The zero-order valence-corrected chi connectivity index (χ0v) is 4.64. The minimum Gasteiger partial charge on any atom is -0.393 e. The smallest absolute Gasteiger partial charge is 0.266 e. The third-order valence-electron chi connectivity index (χ3n) is 0.584. The Morgan fingerprint density at radius 1 is 1.62 bits per heavy atom. The third kappa shape index (κ3) is 2.07. The van der Waals surface area contributed by atoms with Crippen LogP contribution in [0.5, 0.6) is 0 Å². The first kappa shape index (κ1) is 6.81. The number of carbonyl (C=O) groups excluding carboxylic acids is 1. The highest BCUT2D eigenvalue weighted by Crippen LogP contribution is 1.73. The van der Waals surface area contributed by atoms with Gasteiger partial charge in [-0.2, -0.15) is 0 Å². The molecule has 0 spiro atoms. The van der Waals surface area contributed by atoms with Crippen LogP contribution in [0.4, 0.5) is 0 Å². The summed E-state index contributed by atoms with van der Waals surface area (Å²) in [5.74, 6) is -0.612. The molecule has 0 bridgehead atoms. The van der Waals surface area contributed by atoms with Crippen LogP contribution in [0.2, 0.25) is 0 Å². The lowest BCUT2D eigenvalue weighted by Gasteiger charge is -1.91. The van der Waals surface area contributed by atoms with Crippen LogP contribution in [-0.2, 0) is 4.79 Å². The molecule has 0 aliphatic carbocycles. The molecule has 4 heteroatoms. The summed E-state index contributed by atoms with van der Waals surface area (Å²) in [4.78, 5) is 10.1. The molecule has 0 aliphatic rings. The average molecular weight is 115 g/mol. The lowest BCUT2D eigenvalue weighted by Crippen LogP contribution is -2.21. The summed E-state index contributed by atoms with van der Waals surface area (Å²) in [7, 11) is 1.63. The number of nitrogens with two attached hydrogens (primary N) is 2. The van der Waals surface area contributed by atoms with Crippen LogP contribution in [-0.4, -0.2) is 13.0 Å². The maximum absolute atomic E-state index is 10.1. The fraction of sp³-hybridized carbons (Fsp3) is 0.250. The molecule has 0 aromatic rings. The van der Waals surface area contributed by atoms with Crippen molar-refractivity contribution < 1.29 is 4.79 Å². The molecule has 0 fully saturated rings. The molecular weight excluding hydrogens is 106 g/mol. The molecule has 46 valence electrons. The van der Waals surface area contributed by atoms with Crippen molar-refractivity contribution in [2.24, 2.45) is 11.5 Å². The standard InChI is InChI=1S/C4H9N3O/c1-7-2-3(5)4(6)8/h2,7H,5H2,1H3,(H2,6,8)/b3-2+. The normalized spacial score (nSPS) is 10.9. The first-order chi connectivity index (χ1) is 3.68. The van der Waals surface area contributed by atoms with Crippen LogP contribution in [0.25, 0.3) is 0 Å². The summed E-state index contributed by atoms with van der Waals surface area (Å²) in [5, 5.41) is 2.56. The zero-order chi connectivity index (χ0) is 6.57. The van der Waals surface area contributed by atoms with Crippen molar-refractivity contribution >= 4 is 5.91 Å². The maximum atomic E-state index is 10.1. The van der Waals surface area contributed by atoms with E-state index in [0.29, 0.717) is 0 Å². The molecule has 8 heavy (non-hydrogen) atoms. The Kier molecular flexibility index (Phi) is 2.47. The van der Waals surface area contributed by atoms with Gasteiger partial charge in [-0.05, 0) is 0 Å². The second-order valence-corrected chi connectivity index (χ2v) is 1.25. The lowest BCUT2D eigenvalue weighted by atomic mass is 10.5. The number of hydrogen-bond acceptors (Lipinski definition) is 3. The highest BCUT2D eigenvalue weighted by atomic mass is 16.1. The number of carbonyl (C=O) groups is 1. The fourth-order valence-corrected chi connectivity index (χ4v) is 0.227. The van der Waals surface area contributed by atoms with Gasteiger partial charge in [-0.15, -0.1) is 0 Å². The Balaban J connectivity index is 3.80. The molecule has 0 radical (unpaired) electrons. The Bertz CT molecular complexity index is 118. The van der Waals surface area contributed by atoms with Crippen LogP contribution in [0.3, 0.4) is 0 Å². The first-order valence-electron chi connectivity index (χ1n) is 2.11. The Morgan fingerprint density at radius 3 is 2.25 bits per heavy atom. The van der Waals surface area contributed by atoms with E-state index in [1.54, 1.807) is 7.05 Å². The van der Waals surface area contributed by atoms with Crippen molar-refractivity contribution in [2.75, 3.05) is 7.05 Å². The molecule has 0 atom stereocenters. The molecule has 0 unspecified atom stereocenters. The van der Waals surface area contributed by atoms with Gasteiger partial charge in [0.1, 0.15) is 5.70 Å². The predicted molar refractivity (Wildman–Crippen MR) is 30.5 cm³/mol. The summed E-state index contributed by atoms with van der Waals surface area (Å²) < 4.78 is 0. The van der Waals surface area contributed by atoms with Crippen molar-refractivity contribution in [3.63, 3.8) is 0 Å². The molecule has 0 aromatic carbocycles. The average Bonchev–Trinajstić information content (AvgIpc) is 1.67. The van der Waals surface area contributed by atoms with Crippen LogP contribution in [0.1, 0.15) is 0 Å². The third-order valence-corrected chi connectivity index (χ3v) is 0.584. The highest BCUT2D eigenvalue weighted by Gasteiger charge is 1.93. The lowest BCUT2D eigenvalue weighted by molar-refractivity contribution is -0.114. The van der Waals surface area contributed by atoms with Gasteiger partial charge in [-0.3, -0.25) is 4.79 Å². The Hall–Kier alpha value is -1.19. The van der Waals surface area contributed by atoms with E-state index in [1.165, 1.54) is 6.20 Å². The van der Waals surface area contributed by atoms with Crippen molar-refractivity contribution in [3.8, 4) is 0 Å². The monoisotopic (exact) mass is 115 g/mol. The van der Waals surface area contributed by atoms with Crippen LogP contribution < -0.4 is 16.8 Å². The quantitative estimate of drug-likeness (QED) is 0.383. The second kappa shape index (κ2) is 2.90. The largest absolute Gasteiger partial charge is 0.393 e. The zero-order valence-electron chi connectivity index (χ0n) is 4.64. The number of primary amides is 1. The minimum absolute atomic E-state index is 0.0347. The molecule has 0 aromatic heterocycles. The van der Waals surface area contributed by atoms with E-state index in [0.717, 1.165) is 0 Å². The van der Waals surface area contributed by atoms with Crippen molar-refractivity contribution in [2.45, 2.75) is 0 Å². The SMILES string of the molecule is CN/C=C(/N)C(N)=O. The Morgan fingerprint density at radius 2 is 2.12 bits per heavy atom. The van der Waals surface area contributed by atoms with Crippen molar-refractivity contribution in [1.82, 2.24) is 5.32 Å². The van der Waals surface area contributed by atoms with Crippen molar-refractivity contribution in [1.29, 1.82) is 0 Å². The molecule has 0 aliphatic heterocycles. The molecule has 4 nitrogen and oxygen atoms in total. The van der Waals surface area contributed by atoms with E-state index in [2.05, 4.69) is 5.32 Å². The molecular formula is C4H9N3O. The van der Waals surface area contributed by atoms with E-state index >= 15 is 0 Å². The van der Waals surface area contributed by atoms with Gasteiger partial charge in [-0.25, -0.2) is 0 Å². The van der Waals surface area contributed by atoms with Gasteiger partial charge in [0.05, 0.1) is 0 Å². The predicted octanol–water partition coefficient (Wildman–Crippen LogP) is -1.51. The number of amides is 1. The summed E-state index contributed by atoms with van der Waals surface area (Å²) in [6, 6.07) is 0.